The molecule has 1 heterocycles. The first-order valence-corrected chi connectivity index (χ1v) is 5.07. The van der Waals surface area contributed by atoms with Gasteiger partial charge in [-0.1, -0.05) is 26.8 Å². The molecule has 3 heteroatoms. The molecule has 0 bridgehead atoms. The highest BCUT2D eigenvalue weighted by Gasteiger charge is 2.14. The third-order valence-corrected chi connectivity index (χ3v) is 2.29. The molecule has 0 fully saturated rings. The molecule has 0 saturated carbocycles. The number of hydrogen-bond acceptors (Lipinski definition) is 2. The first-order valence-electron chi connectivity index (χ1n) is 5.07. The fourth-order valence-corrected chi connectivity index (χ4v) is 1.56. The fraction of sp³-hybridized carbons (Fsp3) is 0.545. The van der Waals surface area contributed by atoms with Crippen LogP contribution in [-0.2, 0) is 13.0 Å². The summed E-state index contributed by atoms with van der Waals surface area (Å²) in [6.45, 7) is 10.8. The van der Waals surface area contributed by atoms with Gasteiger partial charge >= 0.3 is 0 Å². The minimum Gasteiger partial charge on any atom is -0.384 e. The van der Waals surface area contributed by atoms with Gasteiger partial charge in [0.25, 0.3) is 0 Å². The van der Waals surface area contributed by atoms with Crippen LogP contribution >= 0.6 is 0 Å². The lowest BCUT2D eigenvalue weighted by molar-refractivity contribution is 0.756. The Labute approximate surface area is 85.6 Å². The van der Waals surface area contributed by atoms with Gasteiger partial charge < -0.3 is 10.3 Å². The van der Waals surface area contributed by atoms with Crippen LogP contribution in [0.4, 0.5) is 5.82 Å². The van der Waals surface area contributed by atoms with Gasteiger partial charge in [-0.05, 0) is 5.92 Å². The second-order valence-corrected chi connectivity index (χ2v) is 3.71. The van der Waals surface area contributed by atoms with E-state index < -0.39 is 0 Å². The molecule has 0 aromatic carbocycles. The van der Waals surface area contributed by atoms with Gasteiger partial charge in [0.2, 0.25) is 0 Å². The molecule has 0 aliphatic rings. The molecule has 0 spiro atoms. The van der Waals surface area contributed by atoms with Crippen LogP contribution in [-0.4, -0.2) is 9.55 Å². The average molecular weight is 193 g/mol. The Morgan fingerprint density at radius 1 is 1.57 bits per heavy atom. The van der Waals surface area contributed by atoms with E-state index >= 15 is 0 Å². The minimum absolute atomic E-state index is 0.381. The monoisotopic (exact) mass is 193 g/mol. The van der Waals surface area contributed by atoms with Gasteiger partial charge in [-0.3, -0.25) is 0 Å². The normalized spacial score (nSPS) is 10.9. The predicted molar refractivity (Wildman–Crippen MR) is 60.3 cm³/mol. The zero-order valence-corrected chi connectivity index (χ0v) is 9.25. The van der Waals surface area contributed by atoms with Gasteiger partial charge in [0, 0.05) is 13.0 Å². The summed E-state index contributed by atoms with van der Waals surface area (Å²) in [6.07, 6.45) is 2.76. The molecule has 0 aliphatic carbocycles. The molecule has 0 radical (unpaired) electrons. The van der Waals surface area contributed by atoms with Crippen LogP contribution in [0.2, 0.25) is 0 Å². The summed E-state index contributed by atoms with van der Waals surface area (Å²) in [7, 11) is 0. The lowest BCUT2D eigenvalue weighted by atomic mass is 10.1. The van der Waals surface area contributed by atoms with Crippen LogP contribution in [0.1, 0.15) is 38.2 Å². The van der Waals surface area contributed by atoms with Crippen molar-refractivity contribution in [2.24, 2.45) is 0 Å². The molecule has 3 nitrogen and oxygen atoms in total. The topological polar surface area (TPSA) is 43.8 Å². The van der Waals surface area contributed by atoms with Gasteiger partial charge in [0.05, 0.1) is 5.69 Å². The van der Waals surface area contributed by atoms with E-state index in [2.05, 4.69) is 32.3 Å². The largest absolute Gasteiger partial charge is 0.384 e. The molecular weight excluding hydrogens is 174 g/mol. The van der Waals surface area contributed by atoms with Crippen molar-refractivity contribution < 1.29 is 0 Å². The molecular formula is C11H19N3. The van der Waals surface area contributed by atoms with Crippen molar-refractivity contribution in [2.75, 3.05) is 5.73 Å². The van der Waals surface area contributed by atoms with Crippen molar-refractivity contribution in [1.82, 2.24) is 9.55 Å². The Balaban J connectivity index is 3.17. The highest BCUT2D eigenvalue weighted by molar-refractivity contribution is 5.40. The standard InChI is InChI=1S/C11H19N3/c1-5-7-14-9(6-2)13-10(8(3)4)11(14)12/h5,8H,1,6-7,12H2,2-4H3. The maximum absolute atomic E-state index is 6.02. The van der Waals surface area contributed by atoms with Crippen LogP contribution in [0, 0.1) is 0 Å². The van der Waals surface area contributed by atoms with E-state index in [-0.39, 0.29) is 0 Å². The number of hydrogen-bond donors (Lipinski definition) is 1. The number of nitrogen functional groups attached to an aromatic ring is 1. The van der Waals surface area contributed by atoms with Crippen molar-refractivity contribution in [3.63, 3.8) is 0 Å². The zero-order chi connectivity index (χ0) is 10.7. The van der Waals surface area contributed by atoms with Crippen LogP contribution in [0.5, 0.6) is 0 Å². The zero-order valence-electron chi connectivity index (χ0n) is 9.25. The molecule has 78 valence electrons. The van der Waals surface area contributed by atoms with Gasteiger partial charge in [-0.25, -0.2) is 4.98 Å². The van der Waals surface area contributed by atoms with E-state index in [9.17, 15) is 0 Å². The second kappa shape index (κ2) is 4.31. The Morgan fingerprint density at radius 3 is 2.64 bits per heavy atom. The molecule has 1 aromatic rings. The number of aryl methyl sites for hydroxylation is 1. The number of aromatic nitrogens is 2. The fourth-order valence-electron chi connectivity index (χ4n) is 1.56. The number of allylic oxidation sites excluding steroid dienone is 1. The molecule has 0 unspecified atom stereocenters. The summed E-state index contributed by atoms with van der Waals surface area (Å²) in [5.74, 6) is 2.22. The molecule has 0 saturated heterocycles. The average Bonchev–Trinajstić information content (AvgIpc) is 2.45. The Hall–Kier alpha value is -1.25. The minimum atomic E-state index is 0.381. The summed E-state index contributed by atoms with van der Waals surface area (Å²) in [4.78, 5) is 4.54. The first kappa shape index (κ1) is 10.8. The number of imidazole rings is 1. The molecule has 0 aliphatic heterocycles. The van der Waals surface area contributed by atoms with Crippen molar-refractivity contribution in [1.29, 1.82) is 0 Å². The van der Waals surface area contributed by atoms with Gasteiger partial charge in [0.15, 0.2) is 0 Å². The van der Waals surface area contributed by atoms with Crippen molar-refractivity contribution in [3.8, 4) is 0 Å². The number of nitrogens with two attached hydrogens (primary N) is 1. The van der Waals surface area contributed by atoms with Gasteiger partial charge in [-0.2, -0.15) is 0 Å². The van der Waals surface area contributed by atoms with Crippen LogP contribution in [0.3, 0.4) is 0 Å². The lowest BCUT2D eigenvalue weighted by Crippen LogP contribution is -2.05. The summed E-state index contributed by atoms with van der Waals surface area (Å²) in [6, 6.07) is 0. The maximum Gasteiger partial charge on any atom is 0.127 e. The first-order chi connectivity index (χ1) is 6.61. The number of anilines is 1. The van der Waals surface area contributed by atoms with Crippen molar-refractivity contribution in [3.05, 3.63) is 24.2 Å². The highest BCUT2D eigenvalue weighted by Crippen LogP contribution is 2.22. The maximum atomic E-state index is 6.02. The molecule has 0 amide bonds. The van der Waals surface area contributed by atoms with Crippen molar-refractivity contribution >= 4 is 5.82 Å². The Morgan fingerprint density at radius 2 is 2.21 bits per heavy atom. The van der Waals surface area contributed by atoms with E-state index in [4.69, 9.17) is 5.73 Å². The van der Waals surface area contributed by atoms with Crippen molar-refractivity contribution in [2.45, 2.75) is 39.7 Å². The molecule has 0 atom stereocenters. The quantitative estimate of drug-likeness (QED) is 0.746. The highest BCUT2D eigenvalue weighted by atomic mass is 15.1. The number of nitrogens with zero attached hydrogens (tertiary/aromatic N) is 2. The molecule has 2 N–H and O–H groups in total. The second-order valence-electron chi connectivity index (χ2n) is 3.71. The summed E-state index contributed by atoms with van der Waals surface area (Å²) < 4.78 is 2.03. The van der Waals surface area contributed by atoms with Gasteiger partial charge in [-0.15, -0.1) is 6.58 Å². The van der Waals surface area contributed by atoms with E-state index in [0.29, 0.717) is 5.92 Å². The summed E-state index contributed by atoms with van der Waals surface area (Å²) >= 11 is 0. The summed E-state index contributed by atoms with van der Waals surface area (Å²) in [5.41, 5.74) is 7.02. The third-order valence-electron chi connectivity index (χ3n) is 2.29. The smallest absolute Gasteiger partial charge is 0.127 e. The SMILES string of the molecule is C=CCn1c(CC)nc(C(C)C)c1N. The van der Waals surface area contributed by atoms with Crippen LogP contribution in [0.15, 0.2) is 12.7 Å². The lowest BCUT2D eigenvalue weighted by Gasteiger charge is -2.05. The van der Waals surface area contributed by atoms with E-state index in [0.717, 1.165) is 30.3 Å². The van der Waals surface area contributed by atoms with Gasteiger partial charge in [0.1, 0.15) is 11.6 Å². The number of rotatable bonds is 4. The molecule has 1 aromatic heterocycles. The Kier molecular flexibility index (Phi) is 3.33. The van der Waals surface area contributed by atoms with E-state index in [1.165, 1.54) is 0 Å². The molecule has 14 heavy (non-hydrogen) atoms. The third kappa shape index (κ3) is 1.81. The summed E-state index contributed by atoms with van der Waals surface area (Å²) in [5, 5.41) is 0. The van der Waals surface area contributed by atoms with E-state index in [1.807, 2.05) is 10.6 Å². The molecule has 1 rings (SSSR count). The van der Waals surface area contributed by atoms with Crippen LogP contribution < -0.4 is 5.73 Å². The predicted octanol–water partition coefficient (Wildman–Crippen LogP) is 2.34. The van der Waals surface area contributed by atoms with E-state index in [1.54, 1.807) is 0 Å². The Bertz CT molecular complexity index is 324. The van der Waals surface area contributed by atoms with Crippen LogP contribution in [0.25, 0.3) is 0 Å².